The zero-order chi connectivity index (χ0) is 19.5. The van der Waals surface area contributed by atoms with Crippen LogP contribution in [0.15, 0.2) is 73.1 Å². The Morgan fingerprint density at radius 2 is 1.36 bits per heavy atom. The van der Waals surface area contributed by atoms with Crippen LogP contribution in [0, 0.1) is 20.8 Å². The topological polar surface area (TPSA) is 20.6 Å². The molecule has 1 aromatic carbocycles. The lowest BCUT2D eigenvalue weighted by Crippen LogP contribution is -2.39. The Morgan fingerprint density at radius 1 is 0.750 bits per heavy atom. The first-order valence-electron chi connectivity index (χ1n) is 9.56. The van der Waals surface area contributed by atoms with E-state index >= 15 is 0 Å². The van der Waals surface area contributed by atoms with Crippen molar-refractivity contribution in [2.75, 3.05) is 0 Å². The maximum atomic E-state index is 5.06. The molecule has 0 saturated heterocycles. The number of thiazole rings is 1. The smallest absolute Gasteiger partial charge is 0.192 e. The summed E-state index contributed by atoms with van der Waals surface area (Å²) in [5.74, 6) is 0. The van der Waals surface area contributed by atoms with Gasteiger partial charge in [0.25, 0.3) is 0 Å². The first-order chi connectivity index (χ1) is 13.6. The lowest BCUT2D eigenvalue weighted by Gasteiger charge is -2.01. The minimum atomic E-state index is 0.789. The van der Waals surface area contributed by atoms with Crippen LogP contribution in [0.1, 0.15) is 27.5 Å². The zero-order valence-corrected chi connectivity index (χ0v) is 17.4. The van der Waals surface area contributed by atoms with E-state index in [1.165, 1.54) is 27.4 Å². The summed E-state index contributed by atoms with van der Waals surface area (Å²) in [5.41, 5.74) is 6.10. The van der Waals surface area contributed by atoms with Gasteiger partial charge in [-0.3, -0.25) is 0 Å². The molecule has 0 aliphatic heterocycles. The fraction of sp³-hybridized carbons (Fsp3) is 0.208. The van der Waals surface area contributed by atoms with Crippen molar-refractivity contribution in [3.63, 3.8) is 0 Å². The quantitative estimate of drug-likeness (QED) is 0.465. The Kier molecular flexibility index (Phi) is 5.31. The number of benzene rings is 1. The molecule has 0 bridgehead atoms. The Hall–Kier alpha value is -2.85. The van der Waals surface area contributed by atoms with Crippen LogP contribution in [0.5, 0.6) is 0 Å². The van der Waals surface area contributed by atoms with Gasteiger partial charge in [0.15, 0.2) is 36.9 Å². The second kappa shape index (κ2) is 8.03. The second-order valence-corrected chi connectivity index (χ2v) is 8.28. The molecule has 3 nitrogen and oxygen atoms in total. The summed E-state index contributed by atoms with van der Waals surface area (Å²) in [6, 6.07) is 21.3. The minimum Gasteiger partial charge on any atom is -0.234 e. The van der Waals surface area contributed by atoms with Gasteiger partial charge in [0.1, 0.15) is 10.7 Å². The van der Waals surface area contributed by atoms with Gasteiger partial charge in [-0.25, -0.2) is 4.98 Å². The molecule has 0 amide bonds. The molecule has 0 aliphatic rings. The van der Waals surface area contributed by atoms with E-state index < -0.39 is 0 Å². The largest absolute Gasteiger partial charge is 0.234 e. The predicted octanol–water partition coefficient (Wildman–Crippen LogP) is 4.41. The SMILES string of the molecule is Cc1ccc(-c2nc(C[n+]3ccccc3C)c(C[n+]3ccccc3C)s2)cc1. The van der Waals surface area contributed by atoms with Gasteiger partial charge < -0.3 is 0 Å². The highest BCUT2D eigenvalue weighted by molar-refractivity contribution is 7.15. The molecule has 0 unspecified atom stereocenters. The third-order valence-electron chi connectivity index (χ3n) is 5.05. The molecule has 3 aromatic heterocycles. The Morgan fingerprint density at radius 3 is 1.96 bits per heavy atom. The van der Waals surface area contributed by atoms with Gasteiger partial charge in [-0.1, -0.05) is 42.0 Å². The van der Waals surface area contributed by atoms with Crippen LogP contribution in [0.25, 0.3) is 10.6 Å². The molecule has 0 N–H and O–H groups in total. The molecular weight excluding hydrogens is 362 g/mol. The van der Waals surface area contributed by atoms with Crippen molar-refractivity contribution in [1.29, 1.82) is 0 Å². The van der Waals surface area contributed by atoms with Crippen molar-refractivity contribution >= 4 is 11.3 Å². The Balaban J connectivity index is 1.74. The fourth-order valence-corrected chi connectivity index (χ4v) is 4.32. The molecule has 0 atom stereocenters. The zero-order valence-electron chi connectivity index (χ0n) is 16.6. The average Bonchev–Trinajstić information content (AvgIpc) is 3.08. The number of hydrogen-bond donors (Lipinski definition) is 0. The van der Waals surface area contributed by atoms with Crippen molar-refractivity contribution in [1.82, 2.24) is 4.98 Å². The summed E-state index contributed by atoms with van der Waals surface area (Å²) >= 11 is 1.80. The predicted molar refractivity (Wildman–Crippen MR) is 113 cm³/mol. The second-order valence-electron chi connectivity index (χ2n) is 7.19. The van der Waals surface area contributed by atoms with Gasteiger partial charge in [0.05, 0.1) is 4.88 Å². The molecule has 3 heterocycles. The van der Waals surface area contributed by atoms with Gasteiger partial charge in [-0.05, 0) is 6.92 Å². The van der Waals surface area contributed by atoms with Crippen molar-refractivity contribution in [3.05, 3.63) is 101 Å². The van der Waals surface area contributed by atoms with E-state index in [1.807, 2.05) is 0 Å². The summed E-state index contributed by atoms with van der Waals surface area (Å²) in [6.07, 6.45) is 4.27. The number of nitrogens with zero attached hydrogens (tertiary/aromatic N) is 3. The van der Waals surface area contributed by atoms with E-state index in [4.69, 9.17) is 4.98 Å². The van der Waals surface area contributed by atoms with Gasteiger partial charge in [-0.15, -0.1) is 11.3 Å². The van der Waals surface area contributed by atoms with Crippen LogP contribution in [-0.4, -0.2) is 4.98 Å². The third-order valence-corrected chi connectivity index (χ3v) is 6.18. The van der Waals surface area contributed by atoms with E-state index in [0.29, 0.717) is 0 Å². The molecule has 0 aliphatic carbocycles. The molecule has 140 valence electrons. The van der Waals surface area contributed by atoms with Crippen molar-refractivity contribution < 1.29 is 9.13 Å². The number of rotatable bonds is 5. The van der Waals surface area contributed by atoms with E-state index in [1.54, 1.807) is 11.3 Å². The van der Waals surface area contributed by atoms with Crippen molar-refractivity contribution in [2.45, 2.75) is 33.9 Å². The van der Waals surface area contributed by atoms with Gasteiger partial charge in [-0.2, -0.15) is 9.13 Å². The molecule has 28 heavy (non-hydrogen) atoms. The van der Waals surface area contributed by atoms with E-state index in [2.05, 4.69) is 103 Å². The standard InChI is InChI=1S/C24H25N3S/c1-18-10-12-21(13-11-18)24-25-22(16-26-14-6-4-8-19(26)2)23(28-24)17-27-15-7-5-9-20(27)3/h4-15H,16-17H2,1-3H3/q+2. The third kappa shape index (κ3) is 4.02. The summed E-state index contributed by atoms with van der Waals surface area (Å²) in [7, 11) is 0. The van der Waals surface area contributed by atoms with Crippen molar-refractivity contribution in [3.8, 4) is 10.6 Å². The molecule has 4 rings (SSSR count). The van der Waals surface area contributed by atoms with E-state index in [-0.39, 0.29) is 0 Å². The van der Waals surface area contributed by atoms with Crippen molar-refractivity contribution in [2.24, 2.45) is 0 Å². The first kappa shape index (κ1) is 18.5. The molecule has 0 radical (unpaired) electrons. The Bertz CT molecular complexity index is 1030. The van der Waals surface area contributed by atoms with Gasteiger partial charge in [0.2, 0.25) is 0 Å². The number of aromatic nitrogens is 3. The lowest BCUT2D eigenvalue weighted by atomic mass is 10.2. The van der Waals surface area contributed by atoms with Crippen LogP contribution in [0.4, 0.5) is 0 Å². The average molecular weight is 388 g/mol. The van der Waals surface area contributed by atoms with Crippen LogP contribution >= 0.6 is 11.3 Å². The maximum Gasteiger partial charge on any atom is 0.192 e. The molecule has 4 heteroatoms. The minimum absolute atomic E-state index is 0.789. The highest BCUT2D eigenvalue weighted by atomic mass is 32.1. The van der Waals surface area contributed by atoms with Crippen LogP contribution in [0.3, 0.4) is 0 Å². The van der Waals surface area contributed by atoms with Crippen LogP contribution in [-0.2, 0) is 13.1 Å². The molecular formula is C24H25N3S+2. The van der Waals surface area contributed by atoms with E-state index in [9.17, 15) is 0 Å². The first-order valence-corrected chi connectivity index (χ1v) is 10.4. The van der Waals surface area contributed by atoms with E-state index in [0.717, 1.165) is 23.8 Å². The molecule has 0 fully saturated rings. The normalized spacial score (nSPS) is 11.0. The lowest BCUT2D eigenvalue weighted by molar-refractivity contribution is -0.699. The van der Waals surface area contributed by atoms with Crippen LogP contribution in [0.2, 0.25) is 0 Å². The van der Waals surface area contributed by atoms with Crippen LogP contribution < -0.4 is 9.13 Å². The summed E-state index contributed by atoms with van der Waals surface area (Å²) in [6.45, 7) is 8.04. The van der Waals surface area contributed by atoms with Gasteiger partial charge in [0, 0.05) is 43.7 Å². The Labute approximate surface area is 170 Å². The number of aryl methyl sites for hydroxylation is 3. The molecule has 0 saturated carbocycles. The number of hydrogen-bond acceptors (Lipinski definition) is 2. The summed E-state index contributed by atoms with van der Waals surface area (Å²) < 4.78 is 4.55. The summed E-state index contributed by atoms with van der Waals surface area (Å²) in [4.78, 5) is 6.37. The monoisotopic (exact) mass is 387 g/mol. The highest BCUT2D eigenvalue weighted by Gasteiger charge is 2.21. The number of pyridine rings is 2. The molecule has 0 spiro atoms. The summed E-state index contributed by atoms with van der Waals surface area (Å²) in [5, 5.41) is 1.09. The van der Waals surface area contributed by atoms with Gasteiger partial charge >= 0.3 is 0 Å². The molecule has 4 aromatic rings. The fourth-order valence-electron chi connectivity index (χ4n) is 3.24. The maximum absolute atomic E-state index is 5.06. The highest BCUT2D eigenvalue weighted by Crippen LogP contribution is 2.28.